The van der Waals surface area contributed by atoms with E-state index in [1.165, 1.54) is 6.07 Å². The van der Waals surface area contributed by atoms with Crippen molar-refractivity contribution in [2.75, 3.05) is 27.7 Å². The van der Waals surface area contributed by atoms with Crippen molar-refractivity contribution in [1.82, 2.24) is 15.5 Å². The minimum atomic E-state index is -0.262. The van der Waals surface area contributed by atoms with E-state index in [0.717, 1.165) is 18.4 Å². The van der Waals surface area contributed by atoms with Crippen LogP contribution in [0.5, 0.6) is 0 Å². The number of aliphatic imine (C=N–C) groups is 1. The first kappa shape index (κ1) is 21.1. The molecule has 0 aliphatic heterocycles. The van der Waals surface area contributed by atoms with Gasteiger partial charge in [-0.15, -0.1) is 0 Å². The minimum absolute atomic E-state index is 0.0103. The van der Waals surface area contributed by atoms with Gasteiger partial charge in [0.1, 0.15) is 5.82 Å². The van der Waals surface area contributed by atoms with Gasteiger partial charge < -0.3 is 15.5 Å². The average molecular weight is 417 g/mol. The van der Waals surface area contributed by atoms with Crippen LogP contribution in [0.2, 0.25) is 5.02 Å². The lowest BCUT2D eigenvalue weighted by Crippen LogP contribution is -2.40. The predicted molar refractivity (Wildman–Crippen MR) is 115 cm³/mol. The highest BCUT2D eigenvalue weighted by Crippen LogP contribution is 2.44. The molecule has 2 N–H and O–H groups in total. The Morgan fingerprint density at radius 1 is 1.28 bits per heavy atom. The summed E-state index contributed by atoms with van der Waals surface area (Å²) in [7, 11) is 5.19. The Balaban J connectivity index is 1.51. The van der Waals surface area contributed by atoms with Gasteiger partial charge in [0.2, 0.25) is 0 Å². The number of carbonyl (C=O) groups excluding carboxylic acids is 1. The Hall–Kier alpha value is -2.60. The molecule has 1 amide bonds. The van der Waals surface area contributed by atoms with Crippen LogP contribution in [0.3, 0.4) is 0 Å². The molecule has 1 fully saturated rings. The topological polar surface area (TPSA) is 56.7 Å². The number of guanidine groups is 1. The molecule has 3 rings (SSSR count). The molecule has 154 valence electrons. The van der Waals surface area contributed by atoms with E-state index in [1.54, 1.807) is 38.2 Å². The molecule has 0 spiro atoms. The van der Waals surface area contributed by atoms with Crippen LogP contribution in [0.1, 0.15) is 33.8 Å². The number of carbonyl (C=O) groups is 1. The van der Waals surface area contributed by atoms with Crippen molar-refractivity contribution in [2.45, 2.75) is 24.8 Å². The molecule has 29 heavy (non-hydrogen) atoms. The largest absolute Gasteiger partial charge is 0.356 e. The fourth-order valence-corrected chi connectivity index (χ4v) is 3.66. The van der Waals surface area contributed by atoms with Crippen molar-refractivity contribution < 1.29 is 9.18 Å². The van der Waals surface area contributed by atoms with Crippen LogP contribution in [0, 0.1) is 5.82 Å². The number of halogens is 2. The second kappa shape index (κ2) is 9.27. The van der Waals surface area contributed by atoms with Gasteiger partial charge in [-0.1, -0.05) is 29.8 Å². The Morgan fingerprint density at radius 3 is 2.72 bits per heavy atom. The van der Waals surface area contributed by atoms with Gasteiger partial charge in [-0.05, 0) is 42.7 Å². The minimum Gasteiger partial charge on any atom is -0.356 e. The third-order valence-corrected chi connectivity index (χ3v) is 5.32. The molecule has 1 aliphatic rings. The number of nitrogens with zero attached hydrogens (tertiary/aromatic N) is 2. The summed E-state index contributed by atoms with van der Waals surface area (Å²) in [4.78, 5) is 17.9. The van der Waals surface area contributed by atoms with Gasteiger partial charge >= 0.3 is 0 Å². The third kappa shape index (κ3) is 5.26. The molecule has 0 radical (unpaired) electrons. The van der Waals surface area contributed by atoms with E-state index in [0.29, 0.717) is 28.7 Å². The van der Waals surface area contributed by atoms with Crippen LogP contribution in [-0.4, -0.2) is 50.5 Å². The quantitative estimate of drug-likeness (QED) is 0.560. The lowest BCUT2D eigenvalue weighted by molar-refractivity contribution is 0.0827. The summed E-state index contributed by atoms with van der Waals surface area (Å²) >= 11 is 6.17. The summed E-state index contributed by atoms with van der Waals surface area (Å²) in [5.74, 6) is 0.451. The molecule has 2 aromatic rings. The zero-order valence-electron chi connectivity index (χ0n) is 16.9. The summed E-state index contributed by atoms with van der Waals surface area (Å²) in [5, 5.41) is 7.07. The van der Waals surface area contributed by atoms with Gasteiger partial charge in [0, 0.05) is 55.8 Å². The second-order valence-corrected chi connectivity index (χ2v) is 7.78. The lowest BCUT2D eigenvalue weighted by atomic mass is 10.1. The van der Waals surface area contributed by atoms with Gasteiger partial charge in [-0.25, -0.2) is 4.39 Å². The normalized spacial score (nSPS) is 18.3. The van der Waals surface area contributed by atoms with Gasteiger partial charge in [-0.3, -0.25) is 9.79 Å². The van der Waals surface area contributed by atoms with E-state index in [4.69, 9.17) is 11.6 Å². The number of amides is 1. The molecular formula is C22H26ClFN4O. The standard InChI is InChI=1S/C22H26ClFN4O/c1-25-22(27-19-13-16(19)20-17(23)8-5-9-18(20)24)26-11-10-14-6-4-7-15(12-14)21(29)28(2)3/h4-9,12,16,19H,10-11,13H2,1-3H3,(H2,25,26,27). The van der Waals surface area contributed by atoms with Gasteiger partial charge in [0.25, 0.3) is 5.91 Å². The van der Waals surface area contributed by atoms with E-state index in [9.17, 15) is 9.18 Å². The Kier molecular flexibility index (Phi) is 6.75. The Morgan fingerprint density at radius 2 is 2.03 bits per heavy atom. The molecule has 1 saturated carbocycles. The molecule has 2 unspecified atom stereocenters. The zero-order valence-corrected chi connectivity index (χ0v) is 17.6. The third-order valence-electron chi connectivity index (χ3n) is 4.99. The first-order valence-corrected chi connectivity index (χ1v) is 10.00. The van der Waals surface area contributed by atoms with Gasteiger partial charge in [0.15, 0.2) is 5.96 Å². The monoisotopic (exact) mass is 416 g/mol. The van der Waals surface area contributed by atoms with E-state index in [2.05, 4.69) is 15.6 Å². The van der Waals surface area contributed by atoms with Crippen LogP contribution in [-0.2, 0) is 6.42 Å². The molecule has 0 saturated heterocycles. The van der Waals surface area contributed by atoms with Crippen LogP contribution >= 0.6 is 11.6 Å². The molecule has 7 heteroatoms. The van der Waals surface area contributed by atoms with Crippen LogP contribution < -0.4 is 10.6 Å². The fourth-order valence-electron chi connectivity index (χ4n) is 3.35. The fraction of sp³-hybridized carbons (Fsp3) is 0.364. The zero-order chi connectivity index (χ0) is 21.0. The van der Waals surface area contributed by atoms with E-state index in [1.807, 2.05) is 24.3 Å². The van der Waals surface area contributed by atoms with Crippen LogP contribution in [0.25, 0.3) is 0 Å². The summed E-state index contributed by atoms with van der Waals surface area (Å²) in [5.41, 5.74) is 2.32. The molecule has 2 atom stereocenters. The van der Waals surface area contributed by atoms with Crippen molar-refractivity contribution in [3.05, 3.63) is 70.0 Å². The lowest BCUT2D eigenvalue weighted by Gasteiger charge is -2.13. The van der Waals surface area contributed by atoms with Gasteiger partial charge in [0.05, 0.1) is 0 Å². The maximum atomic E-state index is 14.1. The molecule has 0 bridgehead atoms. The number of hydrogen-bond donors (Lipinski definition) is 2. The van der Waals surface area contributed by atoms with Crippen molar-refractivity contribution in [3.63, 3.8) is 0 Å². The molecule has 2 aromatic carbocycles. The SMILES string of the molecule is CN=C(NCCc1cccc(C(=O)N(C)C)c1)NC1CC1c1c(F)cccc1Cl. The Labute approximate surface area is 176 Å². The van der Waals surface area contributed by atoms with E-state index < -0.39 is 0 Å². The number of nitrogens with one attached hydrogen (secondary N) is 2. The van der Waals surface area contributed by atoms with Crippen LogP contribution in [0.4, 0.5) is 4.39 Å². The summed E-state index contributed by atoms with van der Waals surface area (Å²) in [6.07, 6.45) is 1.57. The van der Waals surface area contributed by atoms with Crippen molar-refractivity contribution in [3.8, 4) is 0 Å². The summed E-state index contributed by atoms with van der Waals surface area (Å²) in [6.45, 7) is 0.664. The molecular weight excluding hydrogens is 391 g/mol. The molecule has 5 nitrogen and oxygen atoms in total. The first-order chi connectivity index (χ1) is 13.9. The number of hydrogen-bond acceptors (Lipinski definition) is 2. The number of benzene rings is 2. The molecule has 0 aromatic heterocycles. The maximum absolute atomic E-state index is 14.1. The average Bonchev–Trinajstić information content (AvgIpc) is 3.45. The molecule has 0 heterocycles. The Bertz CT molecular complexity index is 895. The van der Waals surface area contributed by atoms with Crippen molar-refractivity contribution in [2.24, 2.45) is 4.99 Å². The highest BCUT2D eigenvalue weighted by molar-refractivity contribution is 6.31. The van der Waals surface area contributed by atoms with Gasteiger partial charge in [-0.2, -0.15) is 0 Å². The van der Waals surface area contributed by atoms with Crippen molar-refractivity contribution in [1.29, 1.82) is 0 Å². The first-order valence-electron chi connectivity index (χ1n) is 9.62. The predicted octanol–water partition coefficient (Wildman–Crippen LogP) is 3.44. The van der Waals surface area contributed by atoms with Crippen LogP contribution in [0.15, 0.2) is 47.5 Å². The highest BCUT2D eigenvalue weighted by atomic mass is 35.5. The van der Waals surface area contributed by atoms with E-state index >= 15 is 0 Å². The smallest absolute Gasteiger partial charge is 0.253 e. The van der Waals surface area contributed by atoms with Crippen molar-refractivity contribution >= 4 is 23.5 Å². The summed E-state index contributed by atoms with van der Waals surface area (Å²) in [6, 6.07) is 12.5. The highest BCUT2D eigenvalue weighted by Gasteiger charge is 2.41. The maximum Gasteiger partial charge on any atom is 0.253 e. The molecule has 1 aliphatic carbocycles. The van der Waals surface area contributed by atoms with E-state index in [-0.39, 0.29) is 23.7 Å². The summed E-state index contributed by atoms with van der Waals surface area (Å²) < 4.78 is 14.1. The second-order valence-electron chi connectivity index (χ2n) is 7.38. The number of rotatable bonds is 6.